The number of fused-ring (bicyclic) bond motifs is 1. The lowest BCUT2D eigenvalue weighted by molar-refractivity contribution is 0.905. The van der Waals surface area contributed by atoms with Gasteiger partial charge >= 0.3 is 0 Å². The summed E-state index contributed by atoms with van der Waals surface area (Å²) in [5, 5.41) is 0.461. The summed E-state index contributed by atoms with van der Waals surface area (Å²) in [6.07, 6.45) is 1.72. The number of aryl methyl sites for hydroxylation is 2. The van der Waals surface area contributed by atoms with Crippen LogP contribution in [0.3, 0.4) is 0 Å². The molecule has 3 aromatic rings. The number of pyridine rings is 1. The number of hydrogen-bond acceptors (Lipinski definition) is 3. The second-order valence-corrected chi connectivity index (χ2v) is 5.70. The fourth-order valence-electron chi connectivity index (χ4n) is 2.71. The normalized spacial score (nSPS) is 11.3. The summed E-state index contributed by atoms with van der Waals surface area (Å²) in [6, 6.07) is 10.5. The molecule has 0 radical (unpaired) electrons. The van der Waals surface area contributed by atoms with E-state index in [0.29, 0.717) is 11.7 Å². The number of hydrogen-bond donors (Lipinski definition) is 1. The van der Waals surface area contributed by atoms with Crippen molar-refractivity contribution in [2.75, 3.05) is 6.54 Å². The Balaban J connectivity index is 2.20. The molecule has 0 saturated carbocycles. The molecule has 0 bridgehead atoms. The molecule has 0 aliphatic rings. The zero-order valence-corrected chi connectivity index (χ0v) is 13.6. The fourth-order valence-corrected chi connectivity index (χ4v) is 2.98. The van der Waals surface area contributed by atoms with E-state index in [-0.39, 0.29) is 0 Å². The second kappa shape index (κ2) is 6.07. The highest BCUT2D eigenvalue weighted by Gasteiger charge is 2.15. The van der Waals surface area contributed by atoms with Gasteiger partial charge in [-0.1, -0.05) is 30.7 Å². The highest BCUT2D eigenvalue weighted by Crippen LogP contribution is 2.27. The SMILES string of the molecule is CCc1nc2c(Cl)nc(C)cc2n1-c1ccc(CCN)cc1. The third-order valence-corrected chi connectivity index (χ3v) is 4.01. The summed E-state index contributed by atoms with van der Waals surface area (Å²) in [7, 11) is 0. The summed E-state index contributed by atoms with van der Waals surface area (Å²) in [5.74, 6) is 0.982. The van der Waals surface area contributed by atoms with Crippen molar-refractivity contribution in [1.29, 1.82) is 0 Å². The van der Waals surface area contributed by atoms with E-state index in [0.717, 1.165) is 41.1 Å². The molecule has 4 nitrogen and oxygen atoms in total. The van der Waals surface area contributed by atoms with Gasteiger partial charge in [-0.3, -0.25) is 4.57 Å². The van der Waals surface area contributed by atoms with E-state index in [9.17, 15) is 0 Å². The van der Waals surface area contributed by atoms with E-state index in [1.54, 1.807) is 0 Å². The first-order valence-electron chi connectivity index (χ1n) is 7.48. The van der Waals surface area contributed by atoms with E-state index in [4.69, 9.17) is 17.3 Å². The lowest BCUT2D eigenvalue weighted by atomic mass is 10.1. The Hall–Kier alpha value is -1.91. The maximum Gasteiger partial charge on any atom is 0.157 e. The van der Waals surface area contributed by atoms with E-state index in [1.807, 2.05) is 13.0 Å². The number of halogens is 1. The first-order chi connectivity index (χ1) is 10.6. The molecule has 0 saturated heterocycles. The van der Waals surface area contributed by atoms with Crippen LogP contribution in [0.15, 0.2) is 30.3 Å². The van der Waals surface area contributed by atoms with E-state index < -0.39 is 0 Å². The number of imidazole rings is 1. The van der Waals surface area contributed by atoms with Gasteiger partial charge in [-0.2, -0.15) is 0 Å². The predicted molar refractivity (Wildman–Crippen MR) is 90.7 cm³/mol. The van der Waals surface area contributed by atoms with Gasteiger partial charge in [0.05, 0.1) is 5.52 Å². The number of rotatable bonds is 4. The largest absolute Gasteiger partial charge is 0.330 e. The molecule has 0 fully saturated rings. The molecule has 2 aromatic heterocycles. The van der Waals surface area contributed by atoms with Crippen molar-refractivity contribution in [3.05, 3.63) is 52.6 Å². The maximum atomic E-state index is 6.26. The Morgan fingerprint density at radius 3 is 2.55 bits per heavy atom. The van der Waals surface area contributed by atoms with Crippen LogP contribution in [0.4, 0.5) is 0 Å². The molecular formula is C17H19ClN4. The van der Waals surface area contributed by atoms with Crippen molar-refractivity contribution in [3.8, 4) is 5.69 Å². The van der Waals surface area contributed by atoms with Crippen LogP contribution in [0.2, 0.25) is 5.15 Å². The lowest BCUT2D eigenvalue weighted by Gasteiger charge is -2.09. The van der Waals surface area contributed by atoms with Crippen molar-refractivity contribution < 1.29 is 0 Å². The first kappa shape index (κ1) is 15.0. The summed E-state index contributed by atoms with van der Waals surface area (Å²) >= 11 is 6.26. The number of aromatic nitrogens is 3. The Labute approximate surface area is 134 Å². The molecule has 2 N–H and O–H groups in total. The van der Waals surface area contributed by atoms with Gasteiger partial charge in [0, 0.05) is 17.8 Å². The minimum atomic E-state index is 0.461. The predicted octanol–water partition coefficient (Wildman–Crippen LogP) is 3.45. The van der Waals surface area contributed by atoms with E-state index >= 15 is 0 Å². The van der Waals surface area contributed by atoms with Gasteiger partial charge in [0.2, 0.25) is 0 Å². The van der Waals surface area contributed by atoms with E-state index in [2.05, 4.69) is 45.7 Å². The van der Waals surface area contributed by atoms with Crippen molar-refractivity contribution in [2.45, 2.75) is 26.7 Å². The van der Waals surface area contributed by atoms with Gasteiger partial charge in [0.25, 0.3) is 0 Å². The molecule has 3 rings (SSSR count). The monoisotopic (exact) mass is 314 g/mol. The van der Waals surface area contributed by atoms with Gasteiger partial charge in [-0.05, 0) is 43.7 Å². The minimum Gasteiger partial charge on any atom is -0.330 e. The number of nitrogens with zero attached hydrogens (tertiary/aromatic N) is 3. The van der Waals surface area contributed by atoms with Crippen molar-refractivity contribution >= 4 is 22.6 Å². The van der Waals surface area contributed by atoms with Gasteiger partial charge in [-0.15, -0.1) is 0 Å². The third-order valence-electron chi connectivity index (χ3n) is 3.74. The summed E-state index contributed by atoms with van der Waals surface area (Å²) in [6.45, 7) is 4.70. The molecule has 1 aromatic carbocycles. The quantitative estimate of drug-likeness (QED) is 0.750. The molecule has 0 aliphatic carbocycles. The fraction of sp³-hybridized carbons (Fsp3) is 0.294. The standard InChI is InChI=1S/C17H19ClN4/c1-3-15-21-16-14(10-11(2)20-17(16)18)22(15)13-6-4-12(5-7-13)8-9-19/h4-7,10H,3,8-9,19H2,1-2H3. The van der Waals surface area contributed by atoms with Crippen LogP contribution in [0.1, 0.15) is 24.0 Å². The second-order valence-electron chi connectivity index (χ2n) is 5.34. The smallest absolute Gasteiger partial charge is 0.157 e. The number of benzene rings is 1. The van der Waals surface area contributed by atoms with Crippen LogP contribution in [-0.4, -0.2) is 21.1 Å². The zero-order valence-electron chi connectivity index (χ0n) is 12.8. The first-order valence-corrected chi connectivity index (χ1v) is 7.85. The van der Waals surface area contributed by atoms with Gasteiger partial charge in [-0.25, -0.2) is 9.97 Å². The molecular weight excluding hydrogens is 296 g/mol. The molecule has 5 heteroatoms. The molecule has 114 valence electrons. The number of nitrogens with two attached hydrogens (primary N) is 1. The van der Waals surface area contributed by atoms with E-state index in [1.165, 1.54) is 5.56 Å². The third kappa shape index (κ3) is 2.60. The molecule has 0 spiro atoms. The molecule has 0 unspecified atom stereocenters. The molecule has 0 aliphatic heterocycles. The Morgan fingerprint density at radius 1 is 1.18 bits per heavy atom. The van der Waals surface area contributed by atoms with Crippen LogP contribution < -0.4 is 5.73 Å². The summed E-state index contributed by atoms with van der Waals surface area (Å²) in [5.41, 5.74) is 10.6. The average Bonchev–Trinajstić information content (AvgIpc) is 2.87. The van der Waals surface area contributed by atoms with Gasteiger partial charge in [0.15, 0.2) is 5.15 Å². The lowest BCUT2D eigenvalue weighted by Crippen LogP contribution is -2.04. The van der Waals surface area contributed by atoms with Crippen molar-refractivity contribution in [3.63, 3.8) is 0 Å². The van der Waals surface area contributed by atoms with Crippen LogP contribution in [0.25, 0.3) is 16.7 Å². The van der Waals surface area contributed by atoms with Gasteiger partial charge < -0.3 is 5.73 Å². The molecule has 0 amide bonds. The topological polar surface area (TPSA) is 56.7 Å². The highest BCUT2D eigenvalue weighted by molar-refractivity contribution is 6.33. The highest BCUT2D eigenvalue weighted by atomic mass is 35.5. The minimum absolute atomic E-state index is 0.461. The Morgan fingerprint density at radius 2 is 1.91 bits per heavy atom. The van der Waals surface area contributed by atoms with Crippen molar-refractivity contribution in [2.24, 2.45) is 5.73 Å². The van der Waals surface area contributed by atoms with Crippen molar-refractivity contribution in [1.82, 2.24) is 14.5 Å². The molecule has 22 heavy (non-hydrogen) atoms. The summed E-state index contributed by atoms with van der Waals surface area (Å²) in [4.78, 5) is 8.95. The average molecular weight is 315 g/mol. The maximum absolute atomic E-state index is 6.26. The van der Waals surface area contributed by atoms with Crippen LogP contribution in [0.5, 0.6) is 0 Å². The van der Waals surface area contributed by atoms with Crippen LogP contribution >= 0.6 is 11.6 Å². The molecule has 2 heterocycles. The van der Waals surface area contributed by atoms with Gasteiger partial charge in [0.1, 0.15) is 11.3 Å². The Kier molecular flexibility index (Phi) is 4.14. The van der Waals surface area contributed by atoms with Crippen LogP contribution in [-0.2, 0) is 12.8 Å². The molecule has 0 atom stereocenters. The Bertz CT molecular complexity index is 806. The van der Waals surface area contributed by atoms with Crippen LogP contribution in [0, 0.1) is 6.92 Å². The zero-order chi connectivity index (χ0) is 15.7. The summed E-state index contributed by atoms with van der Waals surface area (Å²) < 4.78 is 2.15.